The summed E-state index contributed by atoms with van der Waals surface area (Å²) in [5.41, 5.74) is 7.48. The molecule has 0 heterocycles. The van der Waals surface area contributed by atoms with Crippen LogP contribution in [0.15, 0.2) is 24.3 Å². The third-order valence-corrected chi connectivity index (χ3v) is 5.85. The van der Waals surface area contributed by atoms with Crippen molar-refractivity contribution < 1.29 is 4.74 Å². The molecule has 168 valence electrons. The molecular weight excluding hydrogens is 354 g/mol. The van der Waals surface area contributed by atoms with Crippen molar-refractivity contribution in [2.45, 2.75) is 136 Å². The minimum Gasteiger partial charge on any atom is -0.476 e. The first-order valence-electron chi connectivity index (χ1n) is 12.8. The van der Waals surface area contributed by atoms with Gasteiger partial charge in [-0.15, -0.1) is 0 Å². The van der Waals surface area contributed by atoms with Gasteiger partial charge in [0.25, 0.3) is 0 Å². The van der Waals surface area contributed by atoms with E-state index < -0.39 is 0 Å². The van der Waals surface area contributed by atoms with E-state index in [0.29, 0.717) is 0 Å². The summed E-state index contributed by atoms with van der Waals surface area (Å²) in [6.07, 6.45) is 23.8. The lowest BCUT2D eigenvalue weighted by Crippen LogP contribution is -2.26. The van der Waals surface area contributed by atoms with Crippen molar-refractivity contribution in [1.82, 2.24) is 0 Å². The molecule has 29 heavy (non-hydrogen) atoms. The second kappa shape index (κ2) is 19.0. The Bertz CT molecular complexity index is 473. The van der Waals surface area contributed by atoms with Gasteiger partial charge < -0.3 is 4.74 Å². The average molecular weight is 404 g/mol. The van der Waals surface area contributed by atoms with Crippen LogP contribution in [-0.2, 0) is 6.42 Å². The van der Waals surface area contributed by atoms with Gasteiger partial charge in [-0.25, -0.2) is 0 Å². The van der Waals surface area contributed by atoms with E-state index in [0.717, 1.165) is 25.0 Å². The second-order valence-corrected chi connectivity index (χ2v) is 8.79. The quantitative estimate of drug-likeness (QED) is 0.175. The molecule has 0 saturated carbocycles. The van der Waals surface area contributed by atoms with Gasteiger partial charge in [0.05, 0.1) is 0 Å². The lowest BCUT2D eigenvalue weighted by molar-refractivity contribution is 0.194. The van der Waals surface area contributed by atoms with Crippen LogP contribution in [0.25, 0.3) is 0 Å². The summed E-state index contributed by atoms with van der Waals surface area (Å²) < 4.78 is 5.90. The van der Waals surface area contributed by atoms with Crippen molar-refractivity contribution in [3.63, 3.8) is 0 Å². The summed E-state index contributed by atoms with van der Waals surface area (Å²) in [5.74, 6) is 0.932. The Balaban J connectivity index is 2.00. The Labute approximate surface area is 182 Å². The number of nitrogens with two attached hydrogens (primary N) is 1. The highest BCUT2D eigenvalue weighted by Gasteiger charge is 2.05. The van der Waals surface area contributed by atoms with Crippen molar-refractivity contribution >= 4 is 0 Å². The fraction of sp³-hybridized carbons (Fsp3) is 0.778. The van der Waals surface area contributed by atoms with Crippen molar-refractivity contribution in [2.75, 3.05) is 0 Å². The minimum absolute atomic E-state index is 0.173. The third kappa shape index (κ3) is 15.5. The van der Waals surface area contributed by atoms with Gasteiger partial charge in [0, 0.05) is 0 Å². The average Bonchev–Trinajstić information content (AvgIpc) is 2.72. The van der Waals surface area contributed by atoms with E-state index in [4.69, 9.17) is 10.5 Å². The van der Waals surface area contributed by atoms with Crippen LogP contribution < -0.4 is 10.5 Å². The van der Waals surface area contributed by atoms with Crippen molar-refractivity contribution in [1.29, 1.82) is 0 Å². The molecular formula is C27H49NO. The molecule has 0 aromatic heterocycles. The fourth-order valence-electron chi connectivity index (χ4n) is 3.95. The van der Waals surface area contributed by atoms with Crippen LogP contribution in [0.2, 0.25) is 0 Å². The van der Waals surface area contributed by atoms with Gasteiger partial charge in [-0.1, -0.05) is 116 Å². The Morgan fingerprint density at radius 3 is 1.79 bits per heavy atom. The zero-order chi connectivity index (χ0) is 21.0. The fourth-order valence-corrected chi connectivity index (χ4v) is 3.95. The molecule has 0 saturated heterocycles. The Morgan fingerprint density at radius 2 is 1.21 bits per heavy atom. The number of hydrogen-bond donors (Lipinski definition) is 1. The standard InChI is InChI=1S/C27H49NO/c1-3-5-7-8-9-10-11-12-13-14-15-16-18-20-25-21-19-22-26(24-25)29-27(28)23-17-6-4-2/h19,21-22,24,27H,3-18,20,23,28H2,1-2H3. The van der Waals surface area contributed by atoms with Crippen LogP contribution in [0.1, 0.15) is 129 Å². The van der Waals surface area contributed by atoms with Crippen molar-refractivity contribution in [2.24, 2.45) is 5.73 Å². The first kappa shape index (κ1) is 26.0. The van der Waals surface area contributed by atoms with Crippen LogP contribution in [0, 0.1) is 0 Å². The summed E-state index contributed by atoms with van der Waals surface area (Å²) in [4.78, 5) is 0. The predicted molar refractivity (Wildman–Crippen MR) is 129 cm³/mol. The number of benzene rings is 1. The van der Waals surface area contributed by atoms with E-state index in [1.807, 2.05) is 6.07 Å². The number of unbranched alkanes of at least 4 members (excludes halogenated alkanes) is 14. The Hall–Kier alpha value is -1.02. The summed E-state index contributed by atoms with van der Waals surface area (Å²) in [7, 11) is 0. The predicted octanol–water partition coefficient (Wildman–Crippen LogP) is 8.56. The van der Waals surface area contributed by atoms with Crippen LogP contribution in [0.3, 0.4) is 0 Å². The van der Waals surface area contributed by atoms with E-state index in [1.54, 1.807) is 0 Å². The maximum atomic E-state index is 6.10. The van der Waals surface area contributed by atoms with Gasteiger partial charge in [-0.05, 0) is 43.4 Å². The second-order valence-electron chi connectivity index (χ2n) is 8.79. The van der Waals surface area contributed by atoms with Gasteiger partial charge in [-0.2, -0.15) is 0 Å². The molecule has 2 N–H and O–H groups in total. The highest BCUT2D eigenvalue weighted by molar-refractivity contribution is 5.28. The summed E-state index contributed by atoms with van der Waals surface area (Å²) >= 11 is 0. The molecule has 1 unspecified atom stereocenters. The number of ether oxygens (including phenoxy) is 1. The van der Waals surface area contributed by atoms with Gasteiger partial charge in [-0.3, -0.25) is 5.73 Å². The van der Waals surface area contributed by atoms with Gasteiger partial charge >= 0.3 is 0 Å². The third-order valence-electron chi connectivity index (χ3n) is 5.85. The van der Waals surface area contributed by atoms with Crippen LogP contribution in [0.5, 0.6) is 5.75 Å². The molecule has 0 aliphatic carbocycles. The van der Waals surface area contributed by atoms with E-state index in [-0.39, 0.29) is 6.23 Å². The molecule has 1 aromatic carbocycles. The largest absolute Gasteiger partial charge is 0.476 e. The molecule has 1 rings (SSSR count). The molecule has 0 radical (unpaired) electrons. The molecule has 2 nitrogen and oxygen atoms in total. The first-order chi connectivity index (χ1) is 14.3. The maximum absolute atomic E-state index is 6.10. The topological polar surface area (TPSA) is 35.2 Å². The van der Waals surface area contributed by atoms with Gasteiger partial charge in [0.15, 0.2) is 0 Å². The highest BCUT2D eigenvalue weighted by atomic mass is 16.5. The number of hydrogen-bond acceptors (Lipinski definition) is 2. The van der Waals surface area contributed by atoms with E-state index in [1.165, 1.54) is 102 Å². The number of aryl methyl sites for hydroxylation is 1. The summed E-state index contributed by atoms with van der Waals surface area (Å²) in [5, 5.41) is 0. The minimum atomic E-state index is -0.173. The first-order valence-corrected chi connectivity index (χ1v) is 12.8. The highest BCUT2D eigenvalue weighted by Crippen LogP contribution is 2.18. The molecule has 0 amide bonds. The van der Waals surface area contributed by atoms with Crippen LogP contribution in [0.4, 0.5) is 0 Å². The van der Waals surface area contributed by atoms with E-state index >= 15 is 0 Å². The lowest BCUT2D eigenvalue weighted by atomic mass is 10.0. The molecule has 0 aliphatic rings. The molecule has 1 atom stereocenters. The zero-order valence-electron chi connectivity index (χ0n) is 19.6. The molecule has 1 aromatic rings. The summed E-state index contributed by atoms with van der Waals surface area (Å²) in [6.45, 7) is 4.50. The maximum Gasteiger partial charge on any atom is 0.147 e. The Kier molecular flexibility index (Phi) is 17.0. The van der Waals surface area contributed by atoms with Gasteiger partial charge in [0.1, 0.15) is 12.0 Å². The van der Waals surface area contributed by atoms with E-state index in [2.05, 4.69) is 32.0 Å². The monoisotopic (exact) mass is 403 g/mol. The van der Waals surface area contributed by atoms with Gasteiger partial charge in [0.2, 0.25) is 0 Å². The Morgan fingerprint density at radius 1 is 0.690 bits per heavy atom. The van der Waals surface area contributed by atoms with Crippen LogP contribution in [-0.4, -0.2) is 6.23 Å². The van der Waals surface area contributed by atoms with Crippen LogP contribution >= 0.6 is 0 Å². The summed E-state index contributed by atoms with van der Waals surface area (Å²) in [6, 6.07) is 8.54. The lowest BCUT2D eigenvalue weighted by Gasteiger charge is -2.15. The SMILES string of the molecule is CCCCCCCCCCCCCCCc1cccc(OC(N)CCCCC)c1. The molecule has 0 fully saturated rings. The normalized spacial score (nSPS) is 12.2. The smallest absolute Gasteiger partial charge is 0.147 e. The van der Waals surface area contributed by atoms with Crippen molar-refractivity contribution in [3.8, 4) is 5.75 Å². The molecule has 2 heteroatoms. The zero-order valence-corrected chi connectivity index (χ0v) is 19.6. The number of rotatable bonds is 20. The van der Waals surface area contributed by atoms with E-state index in [9.17, 15) is 0 Å². The molecule has 0 spiro atoms. The molecule has 0 aliphatic heterocycles. The van der Waals surface area contributed by atoms with Crippen molar-refractivity contribution in [3.05, 3.63) is 29.8 Å². The molecule has 0 bridgehead atoms.